The Kier molecular flexibility index (Phi) is 4.86. The van der Waals surface area contributed by atoms with Crippen LogP contribution in [0.4, 0.5) is 0 Å². The summed E-state index contributed by atoms with van der Waals surface area (Å²) in [7, 11) is 0. The van der Waals surface area contributed by atoms with Gasteiger partial charge in [-0.25, -0.2) is 9.67 Å². The molecule has 0 radical (unpaired) electrons. The Bertz CT molecular complexity index is 1180. The number of rotatable bonds is 4. The Hall–Kier alpha value is -2.41. The SMILES string of the molecule is O=c1c2nnn(Cc3ccc(Cl)cc3)c2ncn1Cc1ccc(Cl)c(Cl)c1. The molecule has 0 spiro atoms. The van der Waals surface area contributed by atoms with E-state index in [1.54, 1.807) is 28.9 Å². The predicted octanol–water partition coefficient (Wildman–Crippen LogP) is 4.04. The average Bonchev–Trinajstić information content (AvgIpc) is 3.06. The number of fused-ring (bicyclic) bond motifs is 1. The van der Waals surface area contributed by atoms with Crippen LogP contribution in [0.1, 0.15) is 11.1 Å². The highest BCUT2D eigenvalue weighted by Crippen LogP contribution is 2.22. The summed E-state index contributed by atoms with van der Waals surface area (Å²) in [5, 5.41) is 9.63. The van der Waals surface area contributed by atoms with Gasteiger partial charge in [0.2, 0.25) is 0 Å². The molecule has 2 aromatic heterocycles. The maximum Gasteiger partial charge on any atom is 0.283 e. The highest BCUT2D eigenvalue weighted by molar-refractivity contribution is 6.42. The molecule has 0 saturated carbocycles. The topological polar surface area (TPSA) is 65.6 Å². The molecule has 27 heavy (non-hydrogen) atoms. The summed E-state index contributed by atoms with van der Waals surface area (Å²) < 4.78 is 3.05. The van der Waals surface area contributed by atoms with Gasteiger partial charge >= 0.3 is 0 Å². The first-order valence-electron chi connectivity index (χ1n) is 7.98. The minimum absolute atomic E-state index is 0.214. The van der Waals surface area contributed by atoms with Gasteiger partial charge in [0, 0.05) is 5.02 Å². The van der Waals surface area contributed by atoms with Gasteiger partial charge in [-0.2, -0.15) is 0 Å². The second-order valence-electron chi connectivity index (χ2n) is 5.97. The molecule has 0 fully saturated rings. The van der Waals surface area contributed by atoms with E-state index in [2.05, 4.69) is 15.3 Å². The van der Waals surface area contributed by atoms with Crippen molar-refractivity contribution in [1.82, 2.24) is 24.5 Å². The van der Waals surface area contributed by atoms with Crippen LogP contribution in [0.25, 0.3) is 11.2 Å². The van der Waals surface area contributed by atoms with Gasteiger partial charge < -0.3 is 0 Å². The molecule has 6 nitrogen and oxygen atoms in total. The first kappa shape index (κ1) is 18.0. The van der Waals surface area contributed by atoms with Crippen LogP contribution in [0.15, 0.2) is 53.6 Å². The maximum absolute atomic E-state index is 12.7. The molecule has 0 bridgehead atoms. The van der Waals surface area contributed by atoms with Crippen molar-refractivity contribution >= 4 is 46.0 Å². The minimum Gasteiger partial charge on any atom is -0.293 e. The molecular weight excluding hydrogens is 409 g/mol. The van der Waals surface area contributed by atoms with Gasteiger partial charge in [0.25, 0.3) is 5.56 Å². The third-order valence-electron chi connectivity index (χ3n) is 4.07. The minimum atomic E-state index is -0.270. The van der Waals surface area contributed by atoms with E-state index in [1.807, 2.05) is 18.2 Å². The third-order valence-corrected chi connectivity index (χ3v) is 5.07. The van der Waals surface area contributed by atoms with E-state index in [0.717, 1.165) is 11.1 Å². The van der Waals surface area contributed by atoms with Crippen molar-refractivity contribution in [3.05, 3.63) is 85.3 Å². The summed E-state index contributed by atoms with van der Waals surface area (Å²) in [6.45, 7) is 0.750. The fraction of sp³-hybridized carbons (Fsp3) is 0.111. The highest BCUT2D eigenvalue weighted by Gasteiger charge is 2.13. The second kappa shape index (κ2) is 7.31. The molecule has 0 aliphatic heterocycles. The molecule has 4 aromatic rings. The number of hydrogen-bond acceptors (Lipinski definition) is 4. The lowest BCUT2D eigenvalue weighted by Crippen LogP contribution is -2.21. The number of nitrogens with zero attached hydrogens (tertiary/aromatic N) is 5. The molecule has 0 unspecified atom stereocenters. The van der Waals surface area contributed by atoms with E-state index in [-0.39, 0.29) is 11.1 Å². The third kappa shape index (κ3) is 3.69. The summed E-state index contributed by atoms with van der Waals surface area (Å²) in [6, 6.07) is 12.6. The van der Waals surface area contributed by atoms with Crippen molar-refractivity contribution in [2.75, 3.05) is 0 Å². The molecule has 0 atom stereocenters. The Morgan fingerprint density at radius 3 is 2.37 bits per heavy atom. The van der Waals surface area contributed by atoms with Crippen LogP contribution in [0.5, 0.6) is 0 Å². The molecular formula is C18H12Cl3N5O. The maximum atomic E-state index is 12.7. The average molecular weight is 421 g/mol. The normalized spacial score (nSPS) is 11.2. The summed E-state index contributed by atoms with van der Waals surface area (Å²) in [5.74, 6) is 0. The largest absolute Gasteiger partial charge is 0.293 e. The molecule has 9 heteroatoms. The fourth-order valence-corrected chi connectivity index (χ4v) is 3.15. The van der Waals surface area contributed by atoms with Gasteiger partial charge in [-0.05, 0) is 35.4 Å². The molecule has 0 N–H and O–H groups in total. The van der Waals surface area contributed by atoms with E-state index < -0.39 is 0 Å². The van der Waals surface area contributed by atoms with Gasteiger partial charge in [0.15, 0.2) is 11.2 Å². The van der Waals surface area contributed by atoms with Crippen molar-refractivity contribution in [3.8, 4) is 0 Å². The summed E-state index contributed by atoms with van der Waals surface area (Å²) in [4.78, 5) is 17.1. The summed E-state index contributed by atoms with van der Waals surface area (Å²) in [5.41, 5.74) is 2.19. The quantitative estimate of drug-likeness (QED) is 0.500. The van der Waals surface area contributed by atoms with Crippen LogP contribution in [0.2, 0.25) is 15.1 Å². The Morgan fingerprint density at radius 1 is 0.889 bits per heavy atom. The van der Waals surface area contributed by atoms with Crippen molar-refractivity contribution in [3.63, 3.8) is 0 Å². The van der Waals surface area contributed by atoms with Gasteiger partial charge in [-0.3, -0.25) is 9.36 Å². The van der Waals surface area contributed by atoms with Crippen LogP contribution in [-0.2, 0) is 13.1 Å². The Balaban J connectivity index is 1.65. The smallest absolute Gasteiger partial charge is 0.283 e. The van der Waals surface area contributed by atoms with Crippen molar-refractivity contribution in [2.24, 2.45) is 0 Å². The van der Waals surface area contributed by atoms with Gasteiger partial charge in [0.05, 0.1) is 23.1 Å². The molecule has 2 heterocycles. The molecule has 4 rings (SSSR count). The molecule has 136 valence electrons. The van der Waals surface area contributed by atoms with Gasteiger partial charge in [0.1, 0.15) is 6.33 Å². The Labute approximate surface area is 168 Å². The lowest BCUT2D eigenvalue weighted by molar-refractivity contribution is 0.663. The predicted molar refractivity (Wildman–Crippen MR) is 106 cm³/mol. The van der Waals surface area contributed by atoms with Crippen LogP contribution >= 0.6 is 34.8 Å². The molecule has 0 aliphatic carbocycles. The Morgan fingerprint density at radius 2 is 1.63 bits per heavy atom. The van der Waals surface area contributed by atoms with Crippen LogP contribution in [0, 0.1) is 0 Å². The zero-order valence-corrected chi connectivity index (χ0v) is 16.1. The van der Waals surface area contributed by atoms with Crippen LogP contribution in [-0.4, -0.2) is 24.5 Å². The summed E-state index contributed by atoms with van der Waals surface area (Å²) >= 11 is 17.9. The second-order valence-corrected chi connectivity index (χ2v) is 7.22. The van der Waals surface area contributed by atoms with Crippen molar-refractivity contribution in [2.45, 2.75) is 13.1 Å². The van der Waals surface area contributed by atoms with Crippen LogP contribution in [0.3, 0.4) is 0 Å². The standard InChI is InChI=1S/C18H12Cl3N5O/c19-13-4-1-11(2-5-13)9-26-17-16(23-24-26)18(27)25(10-22-17)8-12-3-6-14(20)15(21)7-12/h1-7,10H,8-9H2. The van der Waals surface area contributed by atoms with E-state index in [1.165, 1.54) is 10.9 Å². The van der Waals surface area contributed by atoms with Crippen molar-refractivity contribution in [1.29, 1.82) is 0 Å². The van der Waals surface area contributed by atoms with E-state index in [4.69, 9.17) is 34.8 Å². The first-order chi connectivity index (χ1) is 13.0. The monoisotopic (exact) mass is 419 g/mol. The van der Waals surface area contributed by atoms with Gasteiger partial charge in [-0.15, -0.1) is 5.10 Å². The molecule has 0 saturated heterocycles. The number of hydrogen-bond donors (Lipinski definition) is 0. The molecule has 0 amide bonds. The van der Waals surface area contributed by atoms with Gasteiger partial charge in [-0.1, -0.05) is 58.2 Å². The van der Waals surface area contributed by atoms with Crippen LogP contribution < -0.4 is 5.56 Å². The lowest BCUT2D eigenvalue weighted by atomic mass is 10.2. The zero-order valence-electron chi connectivity index (χ0n) is 13.8. The number of halogens is 3. The molecule has 2 aromatic carbocycles. The number of benzene rings is 2. The fourth-order valence-electron chi connectivity index (χ4n) is 2.70. The van der Waals surface area contributed by atoms with E-state index in [9.17, 15) is 4.79 Å². The number of aromatic nitrogens is 5. The van der Waals surface area contributed by atoms with Crippen molar-refractivity contribution < 1.29 is 0 Å². The van der Waals surface area contributed by atoms with E-state index >= 15 is 0 Å². The lowest BCUT2D eigenvalue weighted by Gasteiger charge is -2.07. The first-order valence-corrected chi connectivity index (χ1v) is 9.11. The molecule has 0 aliphatic rings. The van der Waals surface area contributed by atoms with E-state index in [0.29, 0.717) is 33.8 Å². The summed E-state index contributed by atoms with van der Waals surface area (Å²) in [6.07, 6.45) is 1.48. The highest BCUT2D eigenvalue weighted by atomic mass is 35.5. The zero-order chi connectivity index (χ0) is 19.0.